The summed E-state index contributed by atoms with van der Waals surface area (Å²) in [6.45, 7) is 6.03. The molecule has 1 aromatic heterocycles. The van der Waals surface area contributed by atoms with Crippen LogP contribution in [0.4, 0.5) is 0 Å². The summed E-state index contributed by atoms with van der Waals surface area (Å²) in [5.74, 6) is 1.05. The molecule has 1 heterocycles. The monoisotopic (exact) mass is 465 g/mol. The average molecular weight is 466 g/mol. The zero-order valence-corrected chi connectivity index (χ0v) is 20.9. The van der Waals surface area contributed by atoms with Gasteiger partial charge in [-0.2, -0.15) is 0 Å². The van der Waals surface area contributed by atoms with Gasteiger partial charge in [-0.05, 0) is 35.7 Å². The molecule has 2 amide bonds. The largest absolute Gasteiger partial charge is 0.493 e. The second-order valence-corrected chi connectivity index (χ2v) is 9.54. The number of para-hydroxylation sites is 1. The fourth-order valence-corrected chi connectivity index (χ4v) is 3.80. The molecule has 0 aliphatic heterocycles. The van der Waals surface area contributed by atoms with Gasteiger partial charge >= 0.3 is 0 Å². The number of ether oxygens (including phenoxy) is 2. The molecule has 3 rings (SSSR count). The highest BCUT2D eigenvalue weighted by Crippen LogP contribution is 2.28. The molecular formula is C27H35N3O4. The molecule has 1 atom stereocenters. The number of aromatic amines is 1. The number of methoxy groups -OCH3 is 2. The van der Waals surface area contributed by atoms with Crippen LogP contribution in [0.25, 0.3) is 10.9 Å². The molecular weight excluding hydrogens is 430 g/mol. The topological polar surface area (TPSA) is 83.7 Å². The van der Waals surface area contributed by atoms with Crippen LogP contribution in [0.1, 0.15) is 31.9 Å². The van der Waals surface area contributed by atoms with Crippen LogP contribution >= 0.6 is 0 Å². The first-order valence-corrected chi connectivity index (χ1v) is 11.5. The van der Waals surface area contributed by atoms with Crippen molar-refractivity contribution in [1.29, 1.82) is 0 Å². The minimum absolute atomic E-state index is 0.122. The Morgan fingerprint density at radius 1 is 1.06 bits per heavy atom. The number of H-pyrrole nitrogens is 1. The predicted octanol–water partition coefficient (Wildman–Crippen LogP) is 3.96. The highest BCUT2D eigenvalue weighted by molar-refractivity contribution is 5.91. The zero-order valence-electron chi connectivity index (χ0n) is 20.9. The molecule has 0 aliphatic rings. The van der Waals surface area contributed by atoms with E-state index in [1.54, 1.807) is 26.2 Å². The summed E-state index contributed by atoms with van der Waals surface area (Å²) < 4.78 is 10.7. The van der Waals surface area contributed by atoms with Gasteiger partial charge in [0.25, 0.3) is 0 Å². The number of likely N-dealkylation sites (N-methyl/N-ethyl adjacent to an activating group) is 1. The van der Waals surface area contributed by atoms with E-state index in [0.717, 1.165) is 22.0 Å². The van der Waals surface area contributed by atoms with E-state index in [4.69, 9.17) is 9.47 Å². The number of nitrogens with one attached hydrogen (secondary N) is 2. The quantitative estimate of drug-likeness (QED) is 0.501. The minimum atomic E-state index is -0.665. The van der Waals surface area contributed by atoms with Crippen LogP contribution in [-0.2, 0) is 22.4 Å². The van der Waals surface area contributed by atoms with Crippen molar-refractivity contribution in [2.24, 2.45) is 5.41 Å². The maximum Gasteiger partial charge on any atom is 0.245 e. The van der Waals surface area contributed by atoms with Gasteiger partial charge in [0.2, 0.25) is 11.8 Å². The first kappa shape index (κ1) is 25.1. The van der Waals surface area contributed by atoms with Gasteiger partial charge in [-0.25, -0.2) is 0 Å². The van der Waals surface area contributed by atoms with Crippen LogP contribution in [0, 0.1) is 5.41 Å². The third kappa shape index (κ3) is 5.90. The van der Waals surface area contributed by atoms with Crippen molar-refractivity contribution in [3.05, 3.63) is 59.8 Å². The molecule has 0 aliphatic carbocycles. The lowest BCUT2D eigenvalue weighted by Crippen LogP contribution is -2.51. The number of hydrogen-bond acceptors (Lipinski definition) is 4. The Balaban J connectivity index is 1.76. The number of carbonyl (C=O) groups is 2. The summed E-state index contributed by atoms with van der Waals surface area (Å²) in [7, 11) is 4.97. The van der Waals surface area contributed by atoms with Crippen LogP contribution in [0.2, 0.25) is 0 Å². The van der Waals surface area contributed by atoms with Crippen LogP contribution in [0.5, 0.6) is 11.5 Å². The van der Waals surface area contributed by atoms with Crippen molar-refractivity contribution < 1.29 is 19.1 Å². The van der Waals surface area contributed by atoms with Crippen LogP contribution < -0.4 is 14.8 Å². The third-order valence-corrected chi connectivity index (χ3v) is 5.94. The molecule has 0 fully saturated rings. The van der Waals surface area contributed by atoms with E-state index < -0.39 is 11.5 Å². The molecule has 3 aromatic rings. The molecule has 2 N–H and O–H groups in total. The molecule has 34 heavy (non-hydrogen) atoms. The normalized spacial score (nSPS) is 12.3. The number of aromatic nitrogens is 1. The fraction of sp³-hybridized carbons (Fsp3) is 0.407. The second kappa shape index (κ2) is 10.6. The number of hydrogen-bond donors (Lipinski definition) is 2. The Kier molecular flexibility index (Phi) is 7.87. The van der Waals surface area contributed by atoms with E-state index in [0.29, 0.717) is 30.9 Å². The highest BCUT2D eigenvalue weighted by atomic mass is 16.5. The van der Waals surface area contributed by atoms with Crippen LogP contribution in [-0.4, -0.2) is 55.6 Å². The average Bonchev–Trinajstić information content (AvgIpc) is 3.23. The van der Waals surface area contributed by atoms with E-state index in [9.17, 15) is 9.59 Å². The van der Waals surface area contributed by atoms with E-state index in [-0.39, 0.29) is 11.8 Å². The number of carbonyl (C=O) groups excluding carboxylic acids is 2. The van der Waals surface area contributed by atoms with Gasteiger partial charge in [-0.1, -0.05) is 45.0 Å². The molecule has 0 bridgehead atoms. The van der Waals surface area contributed by atoms with E-state index in [1.807, 2.05) is 69.4 Å². The fourth-order valence-electron chi connectivity index (χ4n) is 3.80. The Morgan fingerprint density at radius 3 is 2.44 bits per heavy atom. The molecule has 0 radical (unpaired) electrons. The molecule has 7 heteroatoms. The molecule has 182 valence electrons. The summed E-state index contributed by atoms with van der Waals surface area (Å²) >= 11 is 0. The van der Waals surface area contributed by atoms with Gasteiger partial charge < -0.3 is 24.7 Å². The minimum Gasteiger partial charge on any atom is -0.493 e. The highest BCUT2D eigenvalue weighted by Gasteiger charge is 2.30. The van der Waals surface area contributed by atoms with Crippen molar-refractivity contribution in [2.45, 2.75) is 39.7 Å². The predicted molar refractivity (Wildman–Crippen MR) is 134 cm³/mol. The summed E-state index contributed by atoms with van der Waals surface area (Å²) in [5, 5.41) is 4.05. The standard InChI is InChI=1S/C27H35N3O4/c1-27(2,3)26(32)29-22(16-19-17-28-21-10-8-7-9-20(19)21)25(31)30(4)14-13-18-11-12-23(33-5)24(15-18)34-6/h7-12,15,17,22,28H,13-14,16H2,1-6H3,(H,29,32). The van der Waals surface area contributed by atoms with Gasteiger partial charge in [0.15, 0.2) is 11.5 Å². The smallest absolute Gasteiger partial charge is 0.245 e. The first-order chi connectivity index (χ1) is 16.1. The van der Waals surface area contributed by atoms with E-state index in [1.165, 1.54) is 0 Å². The molecule has 1 unspecified atom stereocenters. The third-order valence-electron chi connectivity index (χ3n) is 5.94. The molecule has 0 spiro atoms. The number of benzene rings is 2. The van der Waals surface area contributed by atoms with E-state index in [2.05, 4.69) is 10.3 Å². The maximum atomic E-state index is 13.5. The van der Waals surface area contributed by atoms with Crippen molar-refractivity contribution in [1.82, 2.24) is 15.2 Å². The SMILES string of the molecule is COc1ccc(CCN(C)C(=O)C(Cc2c[nH]c3ccccc23)NC(=O)C(C)(C)C)cc1OC. The Labute approximate surface area is 201 Å². The lowest BCUT2D eigenvalue weighted by atomic mass is 9.94. The number of rotatable bonds is 9. The molecule has 0 saturated heterocycles. The lowest BCUT2D eigenvalue weighted by Gasteiger charge is -2.27. The van der Waals surface area contributed by atoms with Gasteiger partial charge in [0, 0.05) is 42.5 Å². The van der Waals surface area contributed by atoms with Gasteiger partial charge in [-0.15, -0.1) is 0 Å². The summed E-state index contributed by atoms with van der Waals surface area (Å²) in [5.41, 5.74) is 2.44. The Hall–Kier alpha value is -3.48. The van der Waals surface area contributed by atoms with Crippen molar-refractivity contribution in [3.63, 3.8) is 0 Å². The number of fused-ring (bicyclic) bond motifs is 1. The van der Waals surface area contributed by atoms with Gasteiger partial charge in [0.05, 0.1) is 14.2 Å². The van der Waals surface area contributed by atoms with Crippen molar-refractivity contribution in [3.8, 4) is 11.5 Å². The molecule has 0 saturated carbocycles. The van der Waals surface area contributed by atoms with Gasteiger partial charge in [-0.3, -0.25) is 9.59 Å². The molecule has 2 aromatic carbocycles. The summed E-state index contributed by atoms with van der Waals surface area (Å²) in [6, 6.07) is 13.0. The number of nitrogens with zero attached hydrogens (tertiary/aromatic N) is 1. The first-order valence-electron chi connectivity index (χ1n) is 11.5. The van der Waals surface area contributed by atoms with E-state index >= 15 is 0 Å². The van der Waals surface area contributed by atoms with Crippen LogP contribution in [0.15, 0.2) is 48.7 Å². The van der Waals surface area contributed by atoms with Crippen molar-refractivity contribution >= 4 is 22.7 Å². The van der Waals surface area contributed by atoms with Crippen molar-refractivity contribution in [2.75, 3.05) is 27.8 Å². The number of amides is 2. The second-order valence-electron chi connectivity index (χ2n) is 9.54. The Morgan fingerprint density at radius 2 is 1.76 bits per heavy atom. The zero-order chi connectivity index (χ0) is 24.9. The maximum absolute atomic E-state index is 13.5. The summed E-state index contributed by atoms with van der Waals surface area (Å²) in [6.07, 6.45) is 2.97. The Bertz CT molecular complexity index is 1150. The summed E-state index contributed by atoms with van der Waals surface area (Å²) in [4.78, 5) is 31.2. The lowest BCUT2D eigenvalue weighted by molar-refractivity contribution is -0.137. The van der Waals surface area contributed by atoms with Crippen LogP contribution in [0.3, 0.4) is 0 Å². The van der Waals surface area contributed by atoms with Gasteiger partial charge in [0.1, 0.15) is 6.04 Å². The molecule has 7 nitrogen and oxygen atoms in total.